The van der Waals surface area contributed by atoms with Crippen LogP contribution in [0.15, 0.2) is 60.7 Å². The van der Waals surface area contributed by atoms with E-state index < -0.39 is 18.4 Å². The van der Waals surface area contributed by atoms with Crippen LogP contribution in [0.4, 0.5) is 13.8 Å². The molecule has 0 unspecified atom stereocenters. The Morgan fingerprint density at radius 1 is 1.04 bits per heavy atom. The number of halogens is 2. The van der Waals surface area contributed by atoms with Crippen molar-refractivity contribution in [3.05, 3.63) is 71.8 Å². The van der Waals surface area contributed by atoms with Gasteiger partial charge in [-0.2, -0.15) is 8.78 Å². The minimum atomic E-state index is -2.94. The predicted molar refractivity (Wildman–Crippen MR) is 99.3 cm³/mol. The summed E-state index contributed by atoms with van der Waals surface area (Å²) >= 11 is 1.22. The zero-order valence-electron chi connectivity index (χ0n) is 13.8. The SMILES string of the molecule is NC(=O)c1cc(-c2ccccc2)sc1NC(=O)c1ccc(OC(F)F)cc1. The number of nitrogens with one attached hydrogen (secondary N) is 1. The number of nitrogens with two attached hydrogens (primary N) is 1. The fourth-order valence-electron chi connectivity index (χ4n) is 2.37. The molecule has 1 heterocycles. The van der Waals surface area contributed by atoms with Gasteiger partial charge in [0, 0.05) is 10.4 Å². The zero-order valence-corrected chi connectivity index (χ0v) is 14.6. The molecule has 0 saturated carbocycles. The molecule has 0 saturated heterocycles. The zero-order chi connectivity index (χ0) is 19.4. The van der Waals surface area contributed by atoms with E-state index in [0.717, 1.165) is 10.4 Å². The van der Waals surface area contributed by atoms with Crippen LogP contribution in [-0.2, 0) is 0 Å². The standard InChI is InChI=1S/C19H14F2N2O3S/c20-19(21)26-13-8-6-12(7-9-13)17(25)23-18-14(16(22)24)10-15(27-18)11-4-2-1-3-5-11/h1-10,19H,(H2,22,24)(H,23,25). The summed E-state index contributed by atoms with van der Waals surface area (Å²) < 4.78 is 28.6. The van der Waals surface area contributed by atoms with Crippen molar-refractivity contribution in [1.82, 2.24) is 0 Å². The smallest absolute Gasteiger partial charge is 0.387 e. The summed E-state index contributed by atoms with van der Waals surface area (Å²) in [4.78, 5) is 24.9. The molecule has 27 heavy (non-hydrogen) atoms. The van der Waals surface area contributed by atoms with Crippen LogP contribution in [0.3, 0.4) is 0 Å². The first kappa shape index (κ1) is 18.5. The van der Waals surface area contributed by atoms with Gasteiger partial charge in [-0.3, -0.25) is 9.59 Å². The lowest BCUT2D eigenvalue weighted by atomic mass is 10.1. The van der Waals surface area contributed by atoms with Crippen molar-refractivity contribution in [1.29, 1.82) is 0 Å². The van der Waals surface area contributed by atoms with Gasteiger partial charge in [-0.15, -0.1) is 11.3 Å². The van der Waals surface area contributed by atoms with E-state index in [9.17, 15) is 18.4 Å². The van der Waals surface area contributed by atoms with Crippen molar-refractivity contribution in [2.75, 3.05) is 5.32 Å². The Labute approximate surface area is 157 Å². The van der Waals surface area contributed by atoms with Gasteiger partial charge in [0.25, 0.3) is 11.8 Å². The summed E-state index contributed by atoms with van der Waals surface area (Å²) in [7, 11) is 0. The molecule has 3 aromatic rings. The van der Waals surface area contributed by atoms with Crippen molar-refractivity contribution in [2.24, 2.45) is 5.73 Å². The van der Waals surface area contributed by atoms with Crippen molar-refractivity contribution in [2.45, 2.75) is 6.61 Å². The number of carbonyl (C=O) groups is 2. The van der Waals surface area contributed by atoms with Gasteiger partial charge in [-0.05, 0) is 35.9 Å². The average molecular weight is 388 g/mol. The van der Waals surface area contributed by atoms with Gasteiger partial charge in [-0.1, -0.05) is 30.3 Å². The van der Waals surface area contributed by atoms with Crippen LogP contribution in [0.1, 0.15) is 20.7 Å². The molecule has 3 rings (SSSR count). The predicted octanol–water partition coefficient (Wildman–Crippen LogP) is 4.37. The van der Waals surface area contributed by atoms with Gasteiger partial charge in [0.2, 0.25) is 0 Å². The minimum Gasteiger partial charge on any atom is -0.435 e. The molecule has 0 radical (unpaired) electrons. The van der Waals surface area contributed by atoms with Crippen LogP contribution >= 0.6 is 11.3 Å². The second-order valence-corrected chi connectivity index (χ2v) is 6.49. The second kappa shape index (κ2) is 7.96. The second-order valence-electron chi connectivity index (χ2n) is 5.44. The molecular weight excluding hydrogens is 374 g/mol. The van der Waals surface area contributed by atoms with E-state index >= 15 is 0 Å². The molecule has 5 nitrogen and oxygen atoms in total. The van der Waals surface area contributed by atoms with E-state index in [4.69, 9.17) is 5.73 Å². The lowest BCUT2D eigenvalue weighted by Crippen LogP contribution is -2.16. The molecule has 3 N–H and O–H groups in total. The van der Waals surface area contributed by atoms with Crippen LogP contribution in [0.2, 0.25) is 0 Å². The van der Waals surface area contributed by atoms with Crippen molar-refractivity contribution >= 4 is 28.2 Å². The summed E-state index contributed by atoms with van der Waals surface area (Å²) in [6.45, 7) is -2.94. The van der Waals surface area contributed by atoms with E-state index in [0.29, 0.717) is 5.00 Å². The lowest BCUT2D eigenvalue weighted by molar-refractivity contribution is -0.0498. The number of hydrogen-bond acceptors (Lipinski definition) is 4. The summed E-state index contributed by atoms with van der Waals surface area (Å²) in [6.07, 6.45) is 0. The third-order valence-corrected chi connectivity index (χ3v) is 4.72. The maximum atomic E-state index is 12.4. The number of rotatable bonds is 6. The molecule has 8 heteroatoms. The molecule has 2 amide bonds. The van der Waals surface area contributed by atoms with Gasteiger partial charge in [0.1, 0.15) is 10.8 Å². The molecule has 0 fully saturated rings. The van der Waals surface area contributed by atoms with E-state index in [2.05, 4.69) is 10.1 Å². The Balaban J connectivity index is 1.83. The number of thiophene rings is 1. The monoisotopic (exact) mass is 388 g/mol. The molecule has 2 aromatic carbocycles. The number of primary amides is 1. The third-order valence-electron chi connectivity index (χ3n) is 3.62. The molecular formula is C19H14F2N2O3S. The van der Waals surface area contributed by atoms with Crippen molar-refractivity contribution in [3.63, 3.8) is 0 Å². The summed E-state index contributed by atoms with van der Waals surface area (Å²) in [5, 5.41) is 2.97. The Bertz CT molecular complexity index is 957. The molecule has 0 aliphatic heterocycles. The quantitative estimate of drug-likeness (QED) is 0.658. The summed E-state index contributed by atoms with van der Waals surface area (Å²) in [5.74, 6) is -1.21. The van der Waals surface area contributed by atoms with Crippen molar-refractivity contribution in [3.8, 4) is 16.2 Å². The molecule has 0 aliphatic carbocycles. The van der Waals surface area contributed by atoms with Crippen LogP contribution in [0.25, 0.3) is 10.4 Å². The van der Waals surface area contributed by atoms with E-state index in [1.807, 2.05) is 30.3 Å². The highest BCUT2D eigenvalue weighted by atomic mass is 32.1. The number of ether oxygens (including phenoxy) is 1. The summed E-state index contributed by atoms with van der Waals surface area (Å²) in [5.41, 5.74) is 6.73. The number of anilines is 1. The van der Waals surface area contributed by atoms with Gasteiger partial charge < -0.3 is 15.8 Å². The van der Waals surface area contributed by atoms with Crippen LogP contribution in [0, 0.1) is 0 Å². The normalized spacial score (nSPS) is 10.6. The Morgan fingerprint density at radius 3 is 2.30 bits per heavy atom. The van der Waals surface area contributed by atoms with Crippen LogP contribution in [-0.4, -0.2) is 18.4 Å². The highest BCUT2D eigenvalue weighted by Crippen LogP contribution is 2.35. The molecule has 0 bridgehead atoms. The number of hydrogen-bond donors (Lipinski definition) is 2. The Hall–Kier alpha value is -3.26. The maximum absolute atomic E-state index is 12.4. The number of alkyl halides is 2. The first-order valence-electron chi connectivity index (χ1n) is 7.79. The summed E-state index contributed by atoms with van der Waals surface area (Å²) in [6, 6.07) is 16.2. The Morgan fingerprint density at radius 2 is 1.70 bits per heavy atom. The highest BCUT2D eigenvalue weighted by molar-refractivity contribution is 7.20. The Kier molecular flexibility index (Phi) is 5.46. The van der Waals surface area contributed by atoms with Crippen LogP contribution < -0.4 is 15.8 Å². The third kappa shape index (κ3) is 4.48. The first-order valence-corrected chi connectivity index (χ1v) is 8.61. The van der Waals surface area contributed by atoms with Crippen molar-refractivity contribution < 1.29 is 23.1 Å². The van der Waals surface area contributed by atoms with E-state index in [1.165, 1.54) is 35.6 Å². The minimum absolute atomic E-state index is 0.0538. The molecule has 0 atom stereocenters. The van der Waals surface area contributed by atoms with E-state index in [-0.39, 0.29) is 16.9 Å². The van der Waals surface area contributed by atoms with Gasteiger partial charge in [-0.25, -0.2) is 0 Å². The number of benzene rings is 2. The fraction of sp³-hybridized carbons (Fsp3) is 0.0526. The van der Waals surface area contributed by atoms with E-state index in [1.54, 1.807) is 6.07 Å². The largest absolute Gasteiger partial charge is 0.435 e. The van der Waals surface area contributed by atoms with Crippen LogP contribution in [0.5, 0.6) is 5.75 Å². The molecule has 0 aliphatic rings. The molecule has 0 spiro atoms. The van der Waals surface area contributed by atoms with Gasteiger partial charge in [0.15, 0.2) is 0 Å². The number of amides is 2. The lowest BCUT2D eigenvalue weighted by Gasteiger charge is -2.07. The first-order chi connectivity index (χ1) is 12.9. The maximum Gasteiger partial charge on any atom is 0.387 e. The fourth-order valence-corrected chi connectivity index (χ4v) is 3.44. The number of carbonyl (C=O) groups excluding carboxylic acids is 2. The molecule has 138 valence electrons. The van der Waals surface area contributed by atoms with Gasteiger partial charge in [0.05, 0.1) is 5.56 Å². The topological polar surface area (TPSA) is 81.4 Å². The average Bonchev–Trinajstić information content (AvgIpc) is 3.06. The van der Waals surface area contributed by atoms with Gasteiger partial charge >= 0.3 is 6.61 Å². The highest BCUT2D eigenvalue weighted by Gasteiger charge is 2.18. The molecule has 1 aromatic heterocycles.